The van der Waals surface area contributed by atoms with Crippen molar-refractivity contribution in [2.24, 2.45) is 0 Å². The number of thioether (sulfide) groups is 1. The van der Waals surface area contributed by atoms with Crippen LogP contribution in [0.1, 0.15) is 45.3 Å². The number of rotatable bonds is 5. The maximum Gasteiger partial charge on any atom is 0.339 e. The molecule has 0 saturated carbocycles. The van der Waals surface area contributed by atoms with Crippen molar-refractivity contribution in [3.8, 4) is 0 Å². The van der Waals surface area contributed by atoms with Gasteiger partial charge in [0.2, 0.25) is 0 Å². The van der Waals surface area contributed by atoms with Crippen LogP contribution in [0.4, 0.5) is 8.78 Å². The Morgan fingerprint density at radius 3 is 2.37 bits per heavy atom. The van der Waals surface area contributed by atoms with Gasteiger partial charge in [0.25, 0.3) is 11.7 Å². The molecular formula is C18H19F2N3O3S. The summed E-state index contributed by atoms with van der Waals surface area (Å²) in [6, 6.07) is 6.23. The molecule has 0 atom stereocenters. The fraction of sp³-hybridized carbons (Fsp3) is 0.389. The van der Waals surface area contributed by atoms with Crippen LogP contribution in [0.2, 0.25) is 0 Å². The number of carboxylic acid groups (broad SMARTS) is 1. The number of piperidine rings is 1. The van der Waals surface area contributed by atoms with Crippen molar-refractivity contribution in [1.82, 2.24) is 14.7 Å². The molecule has 0 bridgehead atoms. The first-order valence-electron chi connectivity index (χ1n) is 8.48. The number of hydrogen-bond acceptors (Lipinski definition) is 4. The van der Waals surface area contributed by atoms with Gasteiger partial charge in [0.15, 0.2) is 0 Å². The van der Waals surface area contributed by atoms with Gasteiger partial charge in [-0.05, 0) is 44.0 Å². The molecule has 0 radical (unpaired) electrons. The first kappa shape index (κ1) is 19.3. The number of carbonyl (C=O) groups excluding carboxylic acids is 1. The zero-order valence-corrected chi connectivity index (χ0v) is 15.5. The van der Waals surface area contributed by atoms with Crippen LogP contribution in [0, 0.1) is 6.92 Å². The molecule has 9 heteroatoms. The summed E-state index contributed by atoms with van der Waals surface area (Å²) in [6.45, 7) is 2.78. The van der Waals surface area contributed by atoms with Crippen molar-refractivity contribution >= 4 is 23.6 Å². The molecule has 1 aliphatic heterocycles. The average Bonchev–Trinajstić information content (AvgIpc) is 3.03. The number of hydrogen-bond donors (Lipinski definition) is 1. The number of halogens is 2. The van der Waals surface area contributed by atoms with E-state index in [4.69, 9.17) is 5.11 Å². The molecule has 1 aliphatic rings. The number of likely N-dealkylation sites (tertiary alicyclic amines) is 1. The molecular weight excluding hydrogens is 376 g/mol. The van der Waals surface area contributed by atoms with E-state index in [0.717, 1.165) is 0 Å². The Balaban J connectivity index is 1.62. The number of carbonyl (C=O) groups is 2. The highest BCUT2D eigenvalue weighted by atomic mass is 32.2. The minimum Gasteiger partial charge on any atom is -0.478 e. The van der Waals surface area contributed by atoms with Crippen molar-refractivity contribution in [2.45, 2.75) is 36.5 Å². The predicted molar refractivity (Wildman–Crippen MR) is 96.4 cm³/mol. The Morgan fingerprint density at radius 1 is 1.22 bits per heavy atom. The second-order valence-electron chi connectivity index (χ2n) is 6.32. The van der Waals surface area contributed by atoms with Crippen LogP contribution < -0.4 is 0 Å². The number of amides is 1. The van der Waals surface area contributed by atoms with E-state index in [1.165, 1.54) is 18.3 Å². The molecule has 1 saturated heterocycles. The van der Waals surface area contributed by atoms with Crippen LogP contribution in [0.25, 0.3) is 0 Å². The molecule has 1 fully saturated rings. The van der Waals surface area contributed by atoms with Gasteiger partial charge in [0, 0.05) is 23.5 Å². The Kier molecular flexibility index (Phi) is 5.79. The average molecular weight is 395 g/mol. The summed E-state index contributed by atoms with van der Waals surface area (Å²) in [7, 11) is 0. The molecule has 1 amide bonds. The van der Waals surface area contributed by atoms with Crippen LogP contribution in [0.15, 0.2) is 35.4 Å². The van der Waals surface area contributed by atoms with Crippen molar-refractivity contribution in [1.29, 1.82) is 0 Å². The number of alkyl halides is 2. The van der Waals surface area contributed by atoms with E-state index >= 15 is 0 Å². The summed E-state index contributed by atoms with van der Waals surface area (Å²) < 4.78 is 26.5. The number of benzene rings is 1. The van der Waals surface area contributed by atoms with Crippen LogP contribution >= 0.6 is 11.8 Å². The quantitative estimate of drug-likeness (QED) is 0.782. The minimum atomic E-state index is -2.49. The SMILES string of the molecule is Cc1c(C(=O)O)cnn1C1CCN(C(=O)c2ccc(SC(F)F)cc2)CC1. The van der Waals surface area contributed by atoms with Gasteiger partial charge in [-0.3, -0.25) is 9.48 Å². The summed E-state index contributed by atoms with van der Waals surface area (Å²) in [4.78, 5) is 25.9. The van der Waals surface area contributed by atoms with Crippen LogP contribution in [0.3, 0.4) is 0 Å². The van der Waals surface area contributed by atoms with Crippen molar-refractivity contribution in [2.75, 3.05) is 13.1 Å². The first-order chi connectivity index (χ1) is 12.9. The second-order valence-corrected chi connectivity index (χ2v) is 7.38. The summed E-state index contributed by atoms with van der Waals surface area (Å²) in [5, 5.41) is 13.3. The summed E-state index contributed by atoms with van der Waals surface area (Å²) >= 11 is 0.448. The molecule has 0 aliphatic carbocycles. The van der Waals surface area contributed by atoms with E-state index < -0.39 is 11.7 Å². The molecule has 2 aromatic rings. The van der Waals surface area contributed by atoms with E-state index in [2.05, 4.69) is 5.10 Å². The summed E-state index contributed by atoms with van der Waals surface area (Å²) in [5.74, 6) is -3.62. The highest BCUT2D eigenvalue weighted by molar-refractivity contribution is 7.99. The lowest BCUT2D eigenvalue weighted by atomic mass is 10.0. The third-order valence-electron chi connectivity index (χ3n) is 4.70. The molecule has 0 spiro atoms. The highest BCUT2D eigenvalue weighted by Gasteiger charge is 2.27. The lowest BCUT2D eigenvalue weighted by Crippen LogP contribution is -2.39. The van der Waals surface area contributed by atoms with Crippen LogP contribution in [-0.2, 0) is 0 Å². The zero-order chi connectivity index (χ0) is 19.6. The van der Waals surface area contributed by atoms with Crippen LogP contribution in [0.5, 0.6) is 0 Å². The van der Waals surface area contributed by atoms with Crippen molar-refractivity contribution in [3.63, 3.8) is 0 Å². The largest absolute Gasteiger partial charge is 0.478 e. The third-order valence-corrected chi connectivity index (χ3v) is 5.42. The molecule has 6 nitrogen and oxygen atoms in total. The van der Waals surface area contributed by atoms with Gasteiger partial charge >= 0.3 is 5.97 Å². The lowest BCUT2D eigenvalue weighted by Gasteiger charge is -2.32. The van der Waals surface area contributed by atoms with E-state index in [1.807, 2.05) is 0 Å². The molecule has 1 N–H and O–H groups in total. The Labute approximate surface area is 159 Å². The van der Waals surface area contributed by atoms with E-state index in [-0.39, 0.29) is 17.5 Å². The summed E-state index contributed by atoms with van der Waals surface area (Å²) in [5.41, 5.74) is 1.27. The Morgan fingerprint density at radius 2 is 1.85 bits per heavy atom. The maximum absolute atomic E-state index is 12.6. The Hall–Kier alpha value is -2.42. The van der Waals surface area contributed by atoms with Gasteiger partial charge in [0.1, 0.15) is 5.56 Å². The van der Waals surface area contributed by atoms with Gasteiger partial charge in [0.05, 0.1) is 17.9 Å². The van der Waals surface area contributed by atoms with Gasteiger partial charge in [-0.2, -0.15) is 13.9 Å². The maximum atomic E-state index is 12.6. The molecule has 1 aromatic carbocycles. The molecule has 27 heavy (non-hydrogen) atoms. The molecule has 2 heterocycles. The second kappa shape index (κ2) is 8.08. The standard InChI is InChI=1S/C18H19F2N3O3S/c1-11-15(17(25)26)10-21-23(11)13-6-8-22(9-7-13)16(24)12-2-4-14(5-3-12)27-18(19)20/h2-5,10,13,18H,6-9H2,1H3,(H,25,26). The van der Waals surface area contributed by atoms with E-state index in [0.29, 0.717) is 53.8 Å². The number of aromatic nitrogens is 2. The first-order valence-corrected chi connectivity index (χ1v) is 9.36. The Bertz CT molecular complexity index is 831. The number of aromatic carboxylic acids is 1. The predicted octanol–water partition coefficient (Wildman–Crippen LogP) is 3.68. The zero-order valence-electron chi connectivity index (χ0n) is 14.6. The highest BCUT2D eigenvalue weighted by Crippen LogP contribution is 2.27. The molecule has 3 rings (SSSR count). The smallest absolute Gasteiger partial charge is 0.339 e. The topological polar surface area (TPSA) is 75.4 Å². The summed E-state index contributed by atoms with van der Waals surface area (Å²) in [6.07, 6.45) is 2.70. The third kappa shape index (κ3) is 4.29. The van der Waals surface area contributed by atoms with Crippen molar-refractivity contribution < 1.29 is 23.5 Å². The van der Waals surface area contributed by atoms with Gasteiger partial charge in [-0.1, -0.05) is 11.8 Å². The number of carboxylic acids is 1. The monoisotopic (exact) mass is 395 g/mol. The normalized spacial score (nSPS) is 15.3. The molecule has 144 valence electrons. The van der Waals surface area contributed by atoms with E-state index in [9.17, 15) is 18.4 Å². The molecule has 1 aromatic heterocycles. The van der Waals surface area contributed by atoms with Crippen LogP contribution in [-0.4, -0.2) is 50.5 Å². The lowest BCUT2D eigenvalue weighted by molar-refractivity contribution is 0.0688. The molecule has 0 unspecified atom stereocenters. The van der Waals surface area contributed by atoms with Crippen molar-refractivity contribution in [3.05, 3.63) is 47.3 Å². The fourth-order valence-electron chi connectivity index (χ4n) is 3.28. The van der Waals surface area contributed by atoms with Gasteiger partial charge in [-0.25, -0.2) is 4.79 Å². The minimum absolute atomic E-state index is 0.0481. The number of nitrogens with zero attached hydrogens (tertiary/aromatic N) is 3. The fourth-order valence-corrected chi connectivity index (χ4v) is 3.78. The van der Waals surface area contributed by atoms with Gasteiger partial charge < -0.3 is 10.0 Å². The van der Waals surface area contributed by atoms with Gasteiger partial charge in [-0.15, -0.1) is 0 Å². The van der Waals surface area contributed by atoms with E-state index in [1.54, 1.807) is 28.6 Å².